The first-order chi connectivity index (χ1) is 11.1. The number of benzene rings is 1. The summed E-state index contributed by atoms with van der Waals surface area (Å²) in [7, 11) is 0. The van der Waals surface area contributed by atoms with E-state index in [1.165, 1.54) is 16.2 Å². The number of amides is 2. The molecule has 6 heteroatoms. The van der Waals surface area contributed by atoms with Crippen LogP contribution in [0.4, 0.5) is 10.7 Å². The van der Waals surface area contributed by atoms with Gasteiger partial charge in [0, 0.05) is 22.0 Å². The highest BCUT2D eigenvalue weighted by Crippen LogP contribution is 2.39. The van der Waals surface area contributed by atoms with E-state index in [-0.39, 0.29) is 11.8 Å². The number of hydrogen-bond acceptors (Lipinski definition) is 3. The van der Waals surface area contributed by atoms with Crippen molar-refractivity contribution in [2.45, 2.75) is 32.6 Å². The third-order valence-electron chi connectivity index (χ3n) is 3.82. The smallest absolute Gasteiger partial charge is 0.258 e. The van der Waals surface area contributed by atoms with Gasteiger partial charge in [-0.2, -0.15) is 0 Å². The van der Waals surface area contributed by atoms with Crippen LogP contribution in [0.1, 0.15) is 40.6 Å². The fraction of sp³-hybridized carbons (Fsp3) is 0.294. The summed E-state index contributed by atoms with van der Waals surface area (Å²) < 4.78 is 0. The maximum Gasteiger partial charge on any atom is 0.258 e. The number of hydrogen-bond donors (Lipinski definition) is 2. The van der Waals surface area contributed by atoms with Crippen molar-refractivity contribution in [1.82, 2.24) is 0 Å². The highest BCUT2D eigenvalue weighted by molar-refractivity contribution is 7.17. The Morgan fingerprint density at radius 2 is 1.91 bits per heavy atom. The molecule has 0 saturated carbocycles. The van der Waals surface area contributed by atoms with Crippen LogP contribution < -0.4 is 10.6 Å². The normalized spacial score (nSPS) is 12.8. The van der Waals surface area contributed by atoms with Crippen molar-refractivity contribution in [1.29, 1.82) is 0 Å². The van der Waals surface area contributed by atoms with Gasteiger partial charge >= 0.3 is 0 Å². The van der Waals surface area contributed by atoms with Crippen LogP contribution in [-0.2, 0) is 17.6 Å². The number of rotatable bonds is 4. The predicted molar refractivity (Wildman–Crippen MR) is 94.7 cm³/mol. The molecule has 23 heavy (non-hydrogen) atoms. The maximum absolute atomic E-state index is 12.7. The molecule has 2 amide bonds. The lowest BCUT2D eigenvalue weighted by atomic mass is 10.1. The van der Waals surface area contributed by atoms with Crippen LogP contribution >= 0.6 is 22.9 Å². The number of nitrogens with one attached hydrogen (secondary N) is 2. The van der Waals surface area contributed by atoms with Crippen LogP contribution in [0.15, 0.2) is 24.3 Å². The fourth-order valence-electron chi connectivity index (χ4n) is 2.67. The molecule has 1 aliphatic carbocycles. The van der Waals surface area contributed by atoms with Crippen molar-refractivity contribution >= 4 is 45.4 Å². The summed E-state index contributed by atoms with van der Waals surface area (Å²) in [5.41, 5.74) is 2.37. The molecule has 120 valence electrons. The largest absolute Gasteiger partial charge is 0.322 e. The summed E-state index contributed by atoms with van der Waals surface area (Å²) in [6, 6.07) is 6.98. The summed E-state index contributed by atoms with van der Waals surface area (Å²) in [6.07, 6.45) is 3.31. The van der Waals surface area contributed by atoms with Gasteiger partial charge in [0.05, 0.1) is 5.56 Å². The molecule has 2 aromatic rings. The van der Waals surface area contributed by atoms with E-state index < -0.39 is 0 Å². The quantitative estimate of drug-likeness (QED) is 0.855. The van der Waals surface area contributed by atoms with Gasteiger partial charge in [-0.15, -0.1) is 11.3 Å². The summed E-state index contributed by atoms with van der Waals surface area (Å²) in [5, 5.41) is 7.03. The van der Waals surface area contributed by atoms with E-state index in [1.54, 1.807) is 31.2 Å². The molecule has 0 unspecified atom stereocenters. The Hall–Kier alpha value is -1.85. The molecule has 0 bridgehead atoms. The van der Waals surface area contributed by atoms with Crippen molar-refractivity contribution < 1.29 is 9.59 Å². The second-order valence-electron chi connectivity index (χ2n) is 5.42. The molecule has 2 N–H and O–H groups in total. The number of carbonyl (C=O) groups excluding carboxylic acids is 2. The zero-order valence-electron chi connectivity index (χ0n) is 12.7. The van der Waals surface area contributed by atoms with Crippen molar-refractivity contribution in [3.8, 4) is 0 Å². The van der Waals surface area contributed by atoms with E-state index in [2.05, 4.69) is 10.6 Å². The third-order valence-corrected chi connectivity index (χ3v) is 5.28. The highest BCUT2D eigenvalue weighted by atomic mass is 35.5. The van der Waals surface area contributed by atoms with E-state index in [0.717, 1.165) is 24.8 Å². The molecule has 1 aromatic carbocycles. The number of thiophene rings is 1. The molecule has 0 spiro atoms. The van der Waals surface area contributed by atoms with Crippen LogP contribution in [-0.4, -0.2) is 11.8 Å². The molecule has 1 aromatic heterocycles. The number of aryl methyl sites for hydroxylation is 1. The highest BCUT2D eigenvalue weighted by Gasteiger charge is 2.27. The monoisotopic (exact) mass is 348 g/mol. The molecule has 1 heterocycles. The topological polar surface area (TPSA) is 58.2 Å². The van der Waals surface area contributed by atoms with E-state index in [1.807, 2.05) is 0 Å². The van der Waals surface area contributed by atoms with Crippen molar-refractivity contribution in [3.05, 3.63) is 45.3 Å². The Kier molecular flexibility index (Phi) is 4.68. The predicted octanol–water partition coefficient (Wildman–Crippen LogP) is 4.49. The number of halogens is 1. The summed E-state index contributed by atoms with van der Waals surface area (Å²) in [4.78, 5) is 25.7. The first-order valence-electron chi connectivity index (χ1n) is 7.59. The van der Waals surface area contributed by atoms with E-state index in [4.69, 9.17) is 11.6 Å². The molecular weight excluding hydrogens is 332 g/mol. The van der Waals surface area contributed by atoms with Crippen molar-refractivity contribution in [2.24, 2.45) is 0 Å². The fourth-order valence-corrected chi connectivity index (χ4v) is 4.10. The number of fused-ring (bicyclic) bond motifs is 1. The second-order valence-corrected chi connectivity index (χ2v) is 6.97. The van der Waals surface area contributed by atoms with Gasteiger partial charge in [0.15, 0.2) is 0 Å². The lowest BCUT2D eigenvalue weighted by molar-refractivity contribution is -0.115. The zero-order chi connectivity index (χ0) is 16.4. The average Bonchev–Trinajstić information content (AvgIpc) is 3.09. The van der Waals surface area contributed by atoms with Gasteiger partial charge in [0.25, 0.3) is 5.91 Å². The van der Waals surface area contributed by atoms with Crippen molar-refractivity contribution in [2.75, 3.05) is 10.6 Å². The van der Waals surface area contributed by atoms with E-state index in [0.29, 0.717) is 27.7 Å². The molecule has 4 nitrogen and oxygen atoms in total. The summed E-state index contributed by atoms with van der Waals surface area (Å²) in [6.45, 7) is 1.80. The molecule has 3 rings (SSSR count). The summed E-state index contributed by atoms with van der Waals surface area (Å²) >= 11 is 7.38. The lowest BCUT2D eigenvalue weighted by Crippen LogP contribution is -2.17. The van der Waals surface area contributed by atoms with Gasteiger partial charge in [-0.3, -0.25) is 9.59 Å². The van der Waals surface area contributed by atoms with E-state index >= 15 is 0 Å². The first kappa shape index (κ1) is 16.0. The van der Waals surface area contributed by atoms with Crippen LogP contribution in [0.25, 0.3) is 0 Å². The Bertz CT molecular complexity index is 753. The number of anilines is 2. The second kappa shape index (κ2) is 6.72. The maximum atomic E-state index is 12.7. The SMILES string of the molecule is CCC(=O)Nc1sc2c(c1C(=O)Nc1ccc(Cl)cc1)CCC2. The Morgan fingerprint density at radius 1 is 1.17 bits per heavy atom. The lowest BCUT2D eigenvalue weighted by Gasteiger charge is -2.09. The number of carbonyl (C=O) groups is 2. The van der Waals surface area contributed by atoms with E-state index in [9.17, 15) is 9.59 Å². The molecule has 0 saturated heterocycles. The van der Waals surface area contributed by atoms with Gasteiger partial charge in [-0.25, -0.2) is 0 Å². The zero-order valence-corrected chi connectivity index (χ0v) is 14.3. The minimum atomic E-state index is -0.182. The first-order valence-corrected chi connectivity index (χ1v) is 8.79. The van der Waals surface area contributed by atoms with Crippen LogP contribution in [0.5, 0.6) is 0 Å². The summed E-state index contributed by atoms with van der Waals surface area (Å²) in [5.74, 6) is -0.261. The minimum absolute atomic E-state index is 0.0783. The Balaban J connectivity index is 1.89. The van der Waals surface area contributed by atoms with Crippen LogP contribution in [0.3, 0.4) is 0 Å². The molecule has 0 atom stereocenters. The van der Waals surface area contributed by atoms with Gasteiger partial charge in [-0.1, -0.05) is 18.5 Å². The third kappa shape index (κ3) is 3.41. The van der Waals surface area contributed by atoms with Crippen molar-refractivity contribution in [3.63, 3.8) is 0 Å². The van der Waals surface area contributed by atoms with Crippen LogP contribution in [0, 0.1) is 0 Å². The molecule has 0 radical (unpaired) electrons. The molecular formula is C17H17ClN2O2S. The molecule has 0 fully saturated rings. The van der Waals surface area contributed by atoms with Gasteiger partial charge in [0.1, 0.15) is 5.00 Å². The van der Waals surface area contributed by atoms with Gasteiger partial charge in [0.2, 0.25) is 5.91 Å². The standard InChI is InChI=1S/C17H17ClN2O2S/c1-2-14(21)20-17-15(12-4-3-5-13(12)23-17)16(22)19-11-8-6-10(18)7-9-11/h6-9H,2-5H2,1H3,(H,19,22)(H,20,21). The molecule has 0 aliphatic heterocycles. The van der Waals surface area contributed by atoms with Gasteiger partial charge in [-0.05, 0) is 49.1 Å². The Labute approximate surface area is 143 Å². The van der Waals surface area contributed by atoms with Crippen LogP contribution in [0.2, 0.25) is 5.02 Å². The van der Waals surface area contributed by atoms with Gasteiger partial charge < -0.3 is 10.6 Å². The minimum Gasteiger partial charge on any atom is -0.322 e. The Morgan fingerprint density at radius 3 is 2.61 bits per heavy atom. The molecule has 1 aliphatic rings. The average molecular weight is 349 g/mol.